The standard InChI is InChI=1S/C16H18FNO2/c1-2-8-20-15-5-3-4-14(10-15)18-11-12-9-13(17)6-7-16(12)19/h3-7,9-10,18-19H,2,8,11H2,1H3. The summed E-state index contributed by atoms with van der Waals surface area (Å²) in [5.74, 6) is 0.511. The lowest BCUT2D eigenvalue weighted by molar-refractivity contribution is 0.317. The van der Waals surface area contributed by atoms with Crippen LogP contribution in [0.1, 0.15) is 18.9 Å². The Kier molecular flexibility index (Phi) is 4.82. The first kappa shape index (κ1) is 14.2. The SMILES string of the molecule is CCCOc1cccc(NCc2cc(F)ccc2O)c1. The molecule has 0 aliphatic heterocycles. The van der Waals surface area contributed by atoms with Crippen molar-refractivity contribution in [1.29, 1.82) is 0 Å². The fourth-order valence-electron chi connectivity index (χ4n) is 1.81. The molecule has 4 heteroatoms. The summed E-state index contributed by atoms with van der Waals surface area (Å²) < 4.78 is 18.7. The molecule has 0 aliphatic rings. The second-order valence-electron chi connectivity index (χ2n) is 4.50. The third kappa shape index (κ3) is 3.88. The Morgan fingerprint density at radius 2 is 2.05 bits per heavy atom. The van der Waals surface area contributed by atoms with Crippen molar-refractivity contribution in [3.8, 4) is 11.5 Å². The van der Waals surface area contributed by atoms with Crippen molar-refractivity contribution in [1.82, 2.24) is 0 Å². The number of phenolic OH excluding ortho intramolecular Hbond substituents is 1. The monoisotopic (exact) mass is 275 g/mol. The number of hydrogen-bond donors (Lipinski definition) is 2. The Balaban J connectivity index is 2.01. The fourth-order valence-corrected chi connectivity index (χ4v) is 1.81. The summed E-state index contributed by atoms with van der Waals surface area (Å²) in [5, 5.41) is 12.8. The van der Waals surface area contributed by atoms with E-state index in [0.29, 0.717) is 18.7 Å². The van der Waals surface area contributed by atoms with Crippen molar-refractivity contribution in [2.75, 3.05) is 11.9 Å². The maximum atomic E-state index is 13.1. The van der Waals surface area contributed by atoms with Gasteiger partial charge in [0.25, 0.3) is 0 Å². The first-order chi connectivity index (χ1) is 9.69. The molecule has 0 saturated carbocycles. The molecule has 0 unspecified atom stereocenters. The number of benzene rings is 2. The van der Waals surface area contributed by atoms with Crippen LogP contribution in [-0.2, 0) is 6.54 Å². The van der Waals surface area contributed by atoms with E-state index in [4.69, 9.17) is 4.74 Å². The Bertz CT molecular complexity index is 572. The molecule has 0 amide bonds. The lowest BCUT2D eigenvalue weighted by atomic mass is 10.2. The van der Waals surface area contributed by atoms with Crippen LogP contribution in [0.2, 0.25) is 0 Å². The van der Waals surface area contributed by atoms with Crippen molar-refractivity contribution in [3.05, 3.63) is 53.8 Å². The highest BCUT2D eigenvalue weighted by molar-refractivity contribution is 5.49. The van der Waals surface area contributed by atoms with E-state index in [2.05, 4.69) is 12.2 Å². The molecule has 0 radical (unpaired) electrons. The zero-order chi connectivity index (χ0) is 14.4. The molecule has 0 saturated heterocycles. The summed E-state index contributed by atoms with van der Waals surface area (Å²) >= 11 is 0. The van der Waals surface area contributed by atoms with Gasteiger partial charge in [-0.1, -0.05) is 13.0 Å². The largest absolute Gasteiger partial charge is 0.508 e. The second kappa shape index (κ2) is 6.80. The zero-order valence-electron chi connectivity index (χ0n) is 11.4. The molecule has 0 bridgehead atoms. The van der Waals surface area contributed by atoms with Gasteiger partial charge in [0.05, 0.1) is 6.61 Å². The molecule has 0 atom stereocenters. The molecule has 3 nitrogen and oxygen atoms in total. The van der Waals surface area contributed by atoms with Crippen LogP contribution < -0.4 is 10.1 Å². The Hall–Kier alpha value is -2.23. The van der Waals surface area contributed by atoms with E-state index in [9.17, 15) is 9.50 Å². The molecule has 0 spiro atoms. The van der Waals surface area contributed by atoms with Crippen molar-refractivity contribution < 1.29 is 14.2 Å². The summed E-state index contributed by atoms with van der Waals surface area (Å²) in [4.78, 5) is 0. The smallest absolute Gasteiger partial charge is 0.123 e. The normalized spacial score (nSPS) is 10.3. The maximum Gasteiger partial charge on any atom is 0.123 e. The number of hydrogen-bond acceptors (Lipinski definition) is 3. The minimum Gasteiger partial charge on any atom is -0.508 e. The topological polar surface area (TPSA) is 41.5 Å². The third-order valence-electron chi connectivity index (χ3n) is 2.83. The average Bonchev–Trinajstić information content (AvgIpc) is 2.46. The van der Waals surface area contributed by atoms with Crippen molar-refractivity contribution in [2.24, 2.45) is 0 Å². The van der Waals surface area contributed by atoms with Crippen molar-refractivity contribution in [2.45, 2.75) is 19.9 Å². The fraction of sp³-hybridized carbons (Fsp3) is 0.250. The zero-order valence-corrected chi connectivity index (χ0v) is 11.4. The summed E-state index contributed by atoms with van der Waals surface area (Å²) in [6, 6.07) is 11.5. The summed E-state index contributed by atoms with van der Waals surface area (Å²) in [5.41, 5.74) is 1.38. The quantitative estimate of drug-likeness (QED) is 0.839. The van der Waals surface area contributed by atoms with Crippen LogP contribution in [0.5, 0.6) is 11.5 Å². The number of halogens is 1. The molecule has 20 heavy (non-hydrogen) atoms. The Labute approximate surface area is 118 Å². The van der Waals surface area contributed by atoms with Crippen LogP contribution in [0.15, 0.2) is 42.5 Å². The predicted octanol–water partition coefficient (Wildman–Crippen LogP) is 3.93. The lowest BCUT2D eigenvalue weighted by Gasteiger charge is -2.10. The van der Waals surface area contributed by atoms with E-state index < -0.39 is 0 Å². The predicted molar refractivity (Wildman–Crippen MR) is 77.6 cm³/mol. The number of rotatable bonds is 6. The van der Waals surface area contributed by atoms with E-state index >= 15 is 0 Å². The number of nitrogens with one attached hydrogen (secondary N) is 1. The van der Waals surface area contributed by atoms with Gasteiger partial charge >= 0.3 is 0 Å². The molecule has 2 aromatic rings. The van der Waals surface area contributed by atoms with Gasteiger partial charge in [-0.15, -0.1) is 0 Å². The minimum atomic E-state index is -0.361. The highest BCUT2D eigenvalue weighted by Gasteiger charge is 2.03. The second-order valence-corrected chi connectivity index (χ2v) is 4.50. The third-order valence-corrected chi connectivity index (χ3v) is 2.83. The lowest BCUT2D eigenvalue weighted by Crippen LogP contribution is -2.01. The molecule has 0 aliphatic carbocycles. The Morgan fingerprint density at radius 3 is 2.85 bits per heavy atom. The van der Waals surface area contributed by atoms with Gasteiger partial charge in [0.2, 0.25) is 0 Å². The van der Waals surface area contributed by atoms with Crippen LogP contribution in [0.4, 0.5) is 10.1 Å². The molecule has 2 N–H and O–H groups in total. The van der Waals surface area contributed by atoms with Gasteiger partial charge in [0.1, 0.15) is 17.3 Å². The molecule has 106 valence electrons. The van der Waals surface area contributed by atoms with E-state index in [1.807, 2.05) is 24.3 Å². The molecule has 0 fully saturated rings. The first-order valence-electron chi connectivity index (χ1n) is 6.63. The number of anilines is 1. The van der Waals surface area contributed by atoms with Gasteiger partial charge in [0.15, 0.2) is 0 Å². The van der Waals surface area contributed by atoms with E-state index in [1.165, 1.54) is 18.2 Å². The number of phenols is 1. The van der Waals surface area contributed by atoms with Crippen LogP contribution >= 0.6 is 0 Å². The van der Waals surface area contributed by atoms with Crippen LogP contribution in [0.25, 0.3) is 0 Å². The van der Waals surface area contributed by atoms with Gasteiger partial charge in [-0.05, 0) is 36.8 Å². The highest BCUT2D eigenvalue weighted by Crippen LogP contribution is 2.21. The molecular weight excluding hydrogens is 257 g/mol. The van der Waals surface area contributed by atoms with Gasteiger partial charge in [-0.3, -0.25) is 0 Å². The van der Waals surface area contributed by atoms with Crippen molar-refractivity contribution in [3.63, 3.8) is 0 Å². The van der Waals surface area contributed by atoms with E-state index in [-0.39, 0.29) is 11.6 Å². The van der Waals surface area contributed by atoms with Gasteiger partial charge in [-0.2, -0.15) is 0 Å². The Morgan fingerprint density at radius 1 is 1.20 bits per heavy atom. The summed E-state index contributed by atoms with van der Waals surface area (Å²) in [6.45, 7) is 3.07. The van der Waals surface area contributed by atoms with E-state index in [1.54, 1.807) is 0 Å². The summed E-state index contributed by atoms with van der Waals surface area (Å²) in [6.07, 6.45) is 0.953. The maximum absolute atomic E-state index is 13.1. The van der Waals surface area contributed by atoms with Gasteiger partial charge in [0, 0.05) is 23.9 Å². The van der Waals surface area contributed by atoms with Crippen LogP contribution in [-0.4, -0.2) is 11.7 Å². The highest BCUT2D eigenvalue weighted by atomic mass is 19.1. The van der Waals surface area contributed by atoms with Crippen LogP contribution in [0, 0.1) is 5.82 Å². The van der Waals surface area contributed by atoms with Gasteiger partial charge < -0.3 is 15.2 Å². The average molecular weight is 275 g/mol. The first-order valence-corrected chi connectivity index (χ1v) is 6.63. The van der Waals surface area contributed by atoms with E-state index in [0.717, 1.165) is 17.9 Å². The molecule has 0 heterocycles. The van der Waals surface area contributed by atoms with Gasteiger partial charge in [-0.25, -0.2) is 4.39 Å². The van der Waals surface area contributed by atoms with Crippen molar-refractivity contribution >= 4 is 5.69 Å². The molecular formula is C16H18FNO2. The summed E-state index contributed by atoms with van der Waals surface area (Å²) in [7, 11) is 0. The molecule has 2 aromatic carbocycles. The molecule has 2 rings (SSSR count). The number of ether oxygens (including phenoxy) is 1. The number of aromatic hydroxyl groups is 1. The minimum absolute atomic E-state index is 0.0808. The molecule has 0 aromatic heterocycles. The van der Waals surface area contributed by atoms with Crippen LogP contribution in [0.3, 0.4) is 0 Å².